The Morgan fingerprint density at radius 1 is 0.293 bits per heavy atom. The van der Waals surface area contributed by atoms with Crippen LogP contribution < -0.4 is 4.90 Å². The summed E-state index contributed by atoms with van der Waals surface area (Å²) in [5, 5.41) is 7.21. The lowest BCUT2D eigenvalue weighted by Crippen LogP contribution is -2.11. The molecular formula is C56H37NO. The van der Waals surface area contributed by atoms with E-state index in [1.807, 2.05) is 12.1 Å². The van der Waals surface area contributed by atoms with Gasteiger partial charge in [0.15, 0.2) is 0 Å². The summed E-state index contributed by atoms with van der Waals surface area (Å²) in [4.78, 5) is 2.42. The Hall–Kier alpha value is -7.68. The molecule has 2 heteroatoms. The lowest BCUT2D eigenvalue weighted by atomic mass is 9.94. The van der Waals surface area contributed by atoms with Crippen molar-refractivity contribution < 1.29 is 4.42 Å². The first-order chi connectivity index (χ1) is 28.7. The molecule has 11 aromatic rings. The lowest BCUT2D eigenvalue weighted by molar-refractivity contribution is 0.669. The zero-order chi connectivity index (χ0) is 38.4. The minimum absolute atomic E-state index is 0.897. The van der Waals surface area contributed by atoms with Crippen molar-refractivity contribution in [3.8, 4) is 44.5 Å². The van der Waals surface area contributed by atoms with Crippen molar-refractivity contribution in [3.63, 3.8) is 0 Å². The van der Waals surface area contributed by atoms with Gasteiger partial charge in [-0.05, 0) is 109 Å². The first-order valence-electron chi connectivity index (χ1n) is 19.8. The van der Waals surface area contributed by atoms with Crippen molar-refractivity contribution in [2.75, 3.05) is 4.90 Å². The van der Waals surface area contributed by atoms with Crippen molar-refractivity contribution in [2.24, 2.45) is 0 Å². The smallest absolute Gasteiger partial charge is 0.136 e. The third kappa shape index (κ3) is 5.91. The molecule has 10 aromatic carbocycles. The molecule has 1 heterocycles. The molecule has 0 saturated carbocycles. The summed E-state index contributed by atoms with van der Waals surface area (Å²) in [6.45, 7) is 0. The number of rotatable bonds is 7. The topological polar surface area (TPSA) is 16.4 Å². The predicted molar refractivity (Wildman–Crippen MR) is 245 cm³/mol. The number of anilines is 3. The second kappa shape index (κ2) is 14.1. The number of para-hydroxylation sites is 1. The van der Waals surface area contributed by atoms with Gasteiger partial charge in [-0.1, -0.05) is 176 Å². The summed E-state index contributed by atoms with van der Waals surface area (Å²) < 4.78 is 6.28. The zero-order valence-corrected chi connectivity index (χ0v) is 31.7. The highest BCUT2D eigenvalue weighted by Crippen LogP contribution is 2.45. The van der Waals surface area contributed by atoms with Gasteiger partial charge < -0.3 is 9.32 Å². The fraction of sp³-hybridized carbons (Fsp3) is 0. The fourth-order valence-electron chi connectivity index (χ4n) is 8.63. The second-order valence-electron chi connectivity index (χ2n) is 14.9. The molecular weight excluding hydrogens is 703 g/mol. The van der Waals surface area contributed by atoms with Crippen molar-refractivity contribution in [2.45, 2.75) is 0 Å². The van der Waals surface area contributed by atoms with Crippen LogP contribution in [0.5, 0.6) is 0 Å². The molecule has 272 valence electrons. The number of hydrogen-bond acceptors (Lipinski definition) is 2. The Bertz CT molecular complexity index is 3260. The standard InChI is InChI=1S/C56H37NO/c1-2-13-41(14-3-1)50-35-30-45(49-20-10-17-40-15-6-7-18-48(40)49)37-53(50)57(46-31-26-39(27-32-46)44-25-24-38-12-4-5-16-43(38)36-44)47-33-28-42(29-34-47)51-21-11-23-55-56(51)52-19-8-9-22-54(52)58-55/h1-37H. The van der Waals surface area contributed by atoms with E-state index in [1.54, 1.807) is 0 Å². The molecule has 0 radical (unpaired) electrons. The van der Waals surface area contributed by atoms with E-state index in [4.69, 9.17) is 4.42 Å². The van der Waals surface area contributed by atoms with Crippen LogP contribution in [0.25, 0.3) is 88.0 Å². The van der Waals surface area contributed by atoms with Crippen LogP contribution in [0.2, 0.25) is 0 Å². The van der Waals surface area contributed by atoms with E-state index in [9.17, 15) is 0 Å². The predicted octanol–water partition coefficient (Wildman–Crippen LogP) is 16.0. The van der Waals surface area contributed by atoms with Gasteiger partial charge in [0.1, 0.15) is 11.2 Å². The van der Waals surface area contributed by atoms with Gasteiger partial charge in [-0.25, -0.2) is 0 Å². The van der Waals surface area contributed by atoms with Gasteiger partial charge in [0.2, 0.25) is 0 Å². The molecule has 58 heavy (non-hydrogen) atoms. The summed E-state index contributed by atoms with van der Waals surface area (Å²) in [5.41, 5.74) is 14.4. The van der Waals surface area contributed by atoms with Crippen LogP contribution in [0.1, 0.15) is 0 Å². The summed E-state index contributed by atoms with van der Waals surface area (Å²) >= 11 is 0. The Balaban J connectivity index is 1.10. The highest BCUT2D eigenvalue weighted by atomic mass is 16.3. The zero-order valence-electron chi connectivity index (χ0n) is 31.7. The molecule has 0 unspecified atom stereocenters. The van der Waals surface area contributed by atoms with Crippen LogP contribution in [0, 0.1) is 0 Å². The molecule has 0 bridgehead atoms. The van der Waals surface area contributed by atoms with Crippen LogP contribution in [0.3, 0.4) is 0 Å². The molecule has 0 aliphatic heterocycles. The SMILES string of the molecule is c1ccc(-c2ccc(-c3cccc4ccccc34)cc2N(c2ccc(-c3ccc4ccccc4c3)cc2)c2ccc(-c3cccc4oc5ccccc5c34)cc2)cc1. The van der Waals surface area contributed by atoms with Gasteiger partial charge in [-0.3, -0.25) is 0 Å². The van der Waals surface area contributed by atoms with Crippen LogP contribution in [-0.2, 0) is 0 Å². The molecule has 0 spiro atoms. The van der Waals surface area contributed by atoms with E-state index in [-0.39, 0.29) is 0 Å². The monoisotopic (exact) mass is 739 g/mol. The molecule has 0 saturated heterocycles. The summed E-state index contributed by atoms with van der Waals surface area (Å²) in [6, 6.07) is 80.8. The van der Waals surface area contributed by atoms with Gasteiger partial charge in [0, 0.05) is 27.7 Å². The maximum atomic E-state index is 6.28. The molecule has 0 aliphatic rings. The maximum Gasteiger partial charge on any atom is 0.136 e. The van der Waals surface area contributed by atoms with E-state index in [0.29, 0.717) is 0 Å². The van der Waals surface area contributed by atoms with E-state index < -0.39 is 0 Å². The third-order valence-electron chi connectivity index (χ3n) is 11.5. The summed E-state index contributed by atoms with van der Waals surface area (Å²) in [5.74, 6) is 0. The van der Waals surface area contributed by atoms with Crippen LogP contribution in [-0.4, -0.2) is 0 Å². The molecule has 0 fully saturated rings. The average Bonchev–Trinajstić information content (AvgIpc) is 3.69. The number of hydrogen-bond donors (Lipinski definition) is 0. The van der Waals surface area contributed by atoms with Crippen molar-refractivity contribution in [3.05, 3.63) is 224 Å². The summed E-state index contributed by atoms with van der Waals surface area (Å²) in [6.07, 6.45) is 0. The van der Waals surface area contributed by atoms with Crippen molar-refractivity contribution >= 4 is 60.5 Å². The van der Waals surface area contributed by atoms with E-state index in [2.05, 4.69) is 217 Å². The van der Waals surface area contributed by atoms with Gasteiger partial charge in [0.05, 0.1) is 5.69 Å². The minimum atomic E-state index is 0.897. The highest BCUT2D eigenvalue weighted by Gasteiger charge is 2.20. The minimum Gasteiger partial charge on any atom is -0.456 e. The van der Waals surface area contributed by atoms with Crippen molar-refractivity contribution in [1.82, 2.24) is 0 Å². The summed E-state index contributed by atoms with van der Waals surface area (Å²) in [7, 11) is 0. The molecule has 2 nitrogen and oxygen atoms in total. The van der Waals surface area contributed by atoms with Gasteiger partial charge in [-0.15, -0.1) is 0 Å². The quantitative estimate of drug-likeness (QED) is 0.162. The highest BCUT2D eigenvalue weighted by molar-refractivity contribution is 6.12. The van der Waals surface area contributed by atoms with E-state index >= 15 is 0 Å². The van der Waals surface area contributed by atoms with Crippen LogP contribution >= 0.6 is 0 Å². The maximum absolute atomic E-state index is 6.28. The van der Waals surface area contributed by atoms with E-state index in [0.717, 1.165) is 61.3 Å². The third-order valence-corrected chi connectivity index (χ3v) is 11.5. The first-order valence-corrected chi connectivity index (χ1v) is 19.8. The molecule has 11 rings (SSSR count). The Morgan fingerprint density at radius 3 is 1.67 bits per heavy atom. The number of fused-ring (bicyclic) bond motifs is 5. The molecule has 0 N–H and O–H groups in total. The molecule has 0 aliphatic carbocycles. The second-order valence-corrected chi connectivity index (χ2v) is 14.9. The molecule has 1 aromatic heterocycles. The Labute approximate surface area is 337 Å². The van der Waals surface area contributed by atoms with Crippen molar-refractivity contribution in [1.29, 1.82) is 0 Å². The number of furan rings is 1. The largest absolute Gasteiger partial charge is 0.456 e. The fourth-order valence-corrected chi connectivity index (χ4v) is 8.63. The average molecular weight is 740 g/mol. The number of nitrogens with zero attached hydrogens (tertiary/aromatic N) is 1. The molecule has 0 amide bonds. The normalized spacial score (nSPS) is 11.4. The Morgan fingerprint density at radius 2 is 0.862 bits per heavy atom. The van der Waals surface area contributed by atoms with Gasteiger partial charge in [0.25, 0.3) is 0 Å². The lowest BCUT2D eigenvalue weighted by Gasteiger charge is -2.29. The molecule has 0 atom stereocenters. The van der Waals surface area contributed by atoms with E-state index in [1.165, 1.54) is 43.8 Å². The van der Waals surface area contributed by atoms with Gasteiger partial charge in [-0.2, -0.15) is 0 Å². The van der Waals surface area contributed by atoms with Crippen LogP contribution in [0.4, 0.5) is 17.1 Å². The van der Waals surface area contributed by atoms with Crippen LogP contribution in [0.15, 0.2) is 229 Å². The first kappa shape index (κ1) is 33.6. The van der Waals surface area contributed by atoms with Gasteiger partial charge >= 0.3 is 0 Å². The number of benzene rings is 10. The Kier molecular flexibility index (Phi) is 8.19.